The van der Waals surface area contributed by atoms with Crippen molar-refractivity contribution in [2.24, 2.45) is 0 Å². The fourth-order valence-electron chi connectivity index (χ4n) is 2.54. The Morgan fingerprint density at radius 1 is 1.24 bits per heavy atom. The molecule has 0 radical (unpaired) electrons. The molecule has 1 fully saturated rings. The van der Waals surface area contributed by atoms with Crippen LogP contribution in [0, 0.1) is 0 Å². The molecule has 7 heteroatoms. The Kier molecular flexibility index (Phi) is 4.05. The second kappa shape index (κ2) is 5.82. The molecule has 1 N–H and O–H groups in total. The summed E-state index contributed by atoms with van der Waals surface area (Å²) in [4.78, 5) is 0.264. The van der Waals surface area contributed by atoms with Crippen molar-refractivity contribution < 1.29 is 17.9 Å². The number of rotatable bonds is 4. The number of fused-ring (bicyclic) bond motifs is 1. The largest absolute Gasteiger partial charge is 0.490 e. The number of sulfonamides is 1. The molecule has 0 unspecified atom stereocenters. The lowest BCUT2D eigenvalue weighted by Gasteiger charge is -2.36. The molecule has 1 aromatic rings. The minimum atomic E-state index is -3.50. The second-order valence-electron chi connectivity index (χ2n) is 5.18. The molecule has 0 aliphatic carbocycles. The number of nitrogens with zero attached hydrogens (tertiary/aromatic N) is 1. The van der Waals surface area contributed by atoms with Crippen LogP contribution in [0.4, 0.5) is 0 Å². The predicted octanol–water partition coefficient (Wildman–Crippen LogP) is 0.830. The van der Waals surface area contributed by atoms with Gasteiger partial charge >= 0.3 is 0 Å². The zero-order chi connectivity index (χ0) is 14.9. The molecule has 1 aromatic carbocycles. The third-order valence-corrected chi connectivity index (χ3v) is 5.83. The van der Waals surface area contributed by atoms with Crippen LogP contribution in [-0.2, 0) is 10.0 Å². The van der Waals surface area contributed by atoms with Gasteiger partial charge in [-0.2, -0.15) is 4.31 Å². The highest BCUT2D eigenvalue weighted by Crippen LogP contribution is 2.33. The predicted molar refractivity (Wildman–Crippen MR) is 78.3 cm³/mol. The zero-order valence-electron chi connectivity index (χ0n) is 12.0. The number of ether oxygens (including phenoxy) is 2. The summed E-state index contributed by atoms with van der Waals surface area (Å²) in [6, 6.07) is 4.89. The van der Waals surface area contributed by atoms with Gasteiger partial charge in [0.1, 0.15) is 0 Å². The molecule has 1 saturated heterocycles. The first-order valence-corrected chi connectivity index (χ1v) is 8.69. The van der Waals surface area contributed by atoms with Gasteiger partial charge in [0.15, 0.2) is 11.5 Å². The van der Waals surface area contributed by atoms with Crippen LogP contribution < -0.4 is 14.8 Å². The van der Waals surface area contributed by atoms with E-state index in [0.717, 1.165) is 6.42 Å². The molecular formula is C14H20N2O4S. The summed E-state index contributed by atoms with van der Waals surface area (Å²) in [5, 5.41) is 3.11. The number of nitrogens with one attached hydrogen (secondary N) is 1. The Balaban J connectivity index is 1.93. The van der Waals surface area contributed by atoms with Crippen LogP contribution in [0.3, 0.4) is 0 Å². The molecule has 3 rings (SSSR count). The Labute approximate surface area is 125 Å². The topological polar surface area (TPSA) is 67.9 Å². The van der Waals surface area contributed by atoms with Crippen LogP contribution in [0.25, 0.3) is 0 Å². The van der Waals surface area contributed by atoms with Gasteiger partial charge in [-0.25, -0.2) is 8.42 Å². The number of benzene rings is 1. The fourth-order valence-corrected chi connectivity index (χ4v) is 4.19. The van der Waals surface area contributed by atoms with Crippen molar-refractivity contribution in [3.8, 4) is 11.5 Å². The van der Waals surface area contributed by atoms with E-state index in [1.165, 1.54) is 0 Å². The van der Waals surface area contributed by atoms with Crippen molar-refractivity contribution in [2.45, 2.75) is 24.3 Å². The Morgan fingerprint density at radius 2 is 1.95 bits per heavy atom. The van der Waals surface area contributed by atoms with Crippen LogP contribution in [0.1, 0.15) is 13.3 Å². The lowest BCUT2D eigenvalue weighted by Crippen LogP contribution is -2.58. The number of likely N-dealkylation sites (N-methyl/N-ethyl adjacent to an activating group) is 1. The number of hydrogen-bond donors (Lipinski definition) is 1. The van der Waals surface area contributed by atoms with E-state index in [2.05, 4.69) is 5.32 Å². The lowest BCUT2D eigenvalue weighted by molar-refractivity contribution is 0.249. The van der Waals surface area contributed by atoms with Crippen molar-refractivity contribution >= 4 is 10.0 Å². The minimum absolute atomic E-state index is 0.0379. The fraction of sp³-hybridized carbons (Fsp3) is 0.571. The van der Waals surface area contributed by atoms with Crippen LogP contribution in [0.15, 0.2) is 23.1 Å². The van der Waals surface area contributed by atoms with Gasteiger partial charge in [-0.3, -0.25) is 0 Å². The van der Waals surface area contributed by atoms with Gasteiger partial charge in [0.05, 0.1) is 18.1 Å². The highest BCUT2D eigenvalue weighted by atomic mass is 32.2. The summed E-state index contributed by atoms with van der Waals surface area (Å²) in [6.07, 6.45) is 0.797. The van der Waals surface area contributed by atoms with Gasteiger partial charge in [-0.05, 0) is 12.1 Å². The molecule has 0 amide bonds. The summed E-state index contributed by atoms with van der Waals surface area (Å²) in [6.45, 7) is 4.87. The smallest absolute Gasteiger partial charge is 0.243 e. The SMILES string of the molecule is CCN(C1CNC1)S(=O)(=O)c1ccc2c(c1)OCCCO2. The molecule has 0 atom stereocenters. The quantitative estimate of drug-likeness (QED) is 0.892. The van der Waals surface area contributed by atoms with Crippen LogP contribution in [0.2, 0.25) is 0 Å². The van der Waals surface area contributed by atoms with E-state index in [-0.39, 0.29) is 10.9 Å². The van der Waals surface area contributed by atoms with Crippen molar-refractivity contribution in [2.75, 3.05) is 32.8 Å². The maximum Gasteiger partial charge on any atom is 0.243 e. The van der Waals surface area contributed by atoms with Crippen LogP contribution >= 0.6 is 0 Å². The normalized spacial score (nSPS) is 19.1. The monoisotopic (exact) mass is 312 g/mol. The summed E-state index contributed by atoms with van der Waals surface area (Å²) >= 11 is 0. The molecule has 21 heavy (non-hydrogen) atoms. The average Bonchev–Trinajstić information content (AvgIpc) is 2.66. The van der Waals surface area contributed by atoms with Gasteiger partial charge in [0.25, 0.3) is 0 Å². The summed E-state index contributed by atoms with van der Waals surface area (Å²) in [5.41, 5.74) is 0. The first-order chi connectivity index (χ1) is 10.1. The third kappa shape index (κ3) is 2.73. The van der Waals surface area contributed by atoms with Gasteiger partial charge in [-0.15, -0.1) is 0 Å². The number of hydrogen-bond acceptors (Lipinski definition) is 5. The molecule has 2 aliphatic heterocycles. The Morgan fingerprint density at radius 3 is 2.57 bits per heavy atom. The molecule has 0 bridgehead atoms. The van der Waals surface area contributed by atoms with Crippen molar-refractivity contribution in [3.63, 3.8) is 0 Å². The van der Waals surface area contributed by atoms with E-state index in [4.69, 9.17) is 9.47 Å². The minimum Gasteiger partial charge on any atom is -0.490 e. The van der Waals surface area contributed by atoms with E-state index in [0.29, 0.717) is 44.3 Å². The zero-order valence-corrected chi connectivity index (χ0v) is 12.9. The summed E-state index contributed by atoms with van der Waals surface area (Å²) in [5.74, 6) is 1.12. The standard InChI is InChI=1S/C14H20N2O4S/c1-2-16(11-9-15-10-11)21(17,18)12-4-5-13-14(8-12)20-7-3-6-19-13/h4-5,8,11,15H,2-3,6-7,9-10H2,1H3. The van der Waals surface area contributed by atoms with Crippen molar-refractivity contribution in [1.82, 2.24) is 9.62 Å². The molecule has 6 nitrogen and oxygen atoms in total. The molecule has 116 valence electrons. The van der Waals surface area contributed by atoms with Gasteiger partial charge in [0, 0.05) is 38.2 Å². The molecule has 0 saturated carbocycles. The molecule has 2 aliphatic rings. The maximum atomic E-state index is 12.8. The summed E-state index contributed by atoms with van der Waals surface area (Å²) in [7, 11) is -3.50. The van der Waals surface area contributed by atoms with E-state index in [1.807, 2.05) is 6.92 Å². The summed E-state index contributed by atoms with van der Waals surface area (Å²) < 4.78 is 38.2. The lowest BCUT2D eigenvalue weighted by atomic mass is 10.2. The van der Waals surface area contributed by atoms with Gasteiger partial charge in [-0.1, -0.05) is 6.92 Å². The third-order valence-electron chi connectivity index (χ3n) is 3.80. The first-order valence-electron chi connectivity index (χ1n) is 7.25. The van der Waals surface area contributed by atoms with Crippen LogP contribution in [-0.4, -0.2) is 51.6 Å². The molecule has 2 heterocycles. The molecule has 0 aromatic heterocycles. The van der Waals surface area contributed by atoms with E-state index in [9.17, 15) is 8.42 Å². The van der Waals surface area contributed by atoms with Crippen molar-refractivity contribution in [1.29, 1.82) is 0 Å². The van der Waals surface area contributed by atoms with Gasteiger partial charge < -0.3 is 14.8 Å². The van der Waals surface area contributed by atoms with E-state index < -0.39 is 10.0 Å². The molecule has 0 spiro atoms. The Bertz CT molecular complexity index is 613. The average molecular weight is 312 g/mol. The van der Waals surface area contributed by atoms with E-state index in [1.54, 1.807) is 22.5 Å². The van der Waals surface area contributed by atoms with E-state index >= 15 is 0 Å². The highest BCUT2D eigenvalue weighted by Gasteiger charge is 2.34. The van der Waals surface area contributed by atoms with Crippen molar-refractivity contribution in [3.05, 3.63) is 18.2 Å². The highest BCUT2D eigenvalue weighted by molar-refractivity contribution is 7.89. The van der Waals surface area contributed by atoms with Gasteiger partial charge in [0.2, 0.25) is 10.0 Å². The Hall–Kier alpha value is -1.31. The molecular weight excluding hydrogens is 292 g/mol. The first kappa shape index (κ1) is 14.6. The van der Waals surface area contributed by atoms with Crippen LogP contribution in [0.5, 0.6) is 11.5 Å². The second-order valence-corrected chi connectivity index (χ2v) is 7.07. The maximum absolute atomic E-state index is 12.8.